The van der Waals surface area contributed by atoms with Crippen LogP contribution in [0, 0.1) is 62.6 Å². The molecule has 5 aliphatic rings. The number of aliphatic carboxylic acids is 1. The van der Waals surface area contributed by atoms with Gasteiger partial charge in [-0.05, 0) is 116 Å². The zero-order chi connectivity index (χ0) is 27.2. The molecule has 5 rings (SSSR count). The van der Waals surface area contributed by atoms with Crippen LogP contribution in [-0.2, 0) is 14.3 Å². The summed E-state index contributed by atoms with van der Waals surface area (Å²) in [4.78, 5) is 25.1. The molecular formula is C33H54O4. The molecule has 4 nitrogen and oxygen atoms in total. The molecule has 0 saturated heterocycles. The van der Waals surface area contributed by atoms with Crippen LogP contribution in [0.1, 0.15) is 126 Å². The Hall–Kier alpha value is -1.06. The summed E-state index contributed by atoms with van der Waals surface area (Å²) < 4.78 is 6.04. The van der Waals surface area contributed by atoms with E-state index >= 15 is 0 Å². The fourth-order valence-electron chi connectivity index (χ4n) is 12.2. The fourth-order valence-corrected chi connectivity index (χ4v) is 12.2. The van der Waals surface area contributed by atoms with Crippen LogP contribution >= 0.6 is 0 Å². The molecule has 10 atom stereocenters. The Balaban J connectivity index is 1.50. The minimum Gasteiger partial charge on any atom is -0.481 e. The van der Waals surface area contributed by atoms with Crippen LogP contribution in [0.5, 0.6) is 0 Å². The highest BCUT2D eigenvalue weighted by Gasteiger charge is 2.72. The molecule has 5 saturated carbocycles. The van der Waals surface area contributed by atoms with Crippen LogP contribution in [0.2, 0.25) is 0 Å². The largest absolute Gasteiger partial charge is 0.481 e. The topological polar surface area (TPSA) is 63.6 Å². The Bertz CT molecular complexity index is 939. The van der Waals surface area contributed by atoms with E-state index in [0.717, 1.165) is 38.5 Å². The number of carboxylic acids is 1. The lowest BCUT2D eigenvalue weighted by Crippen LogP contribution is -2.67. The summed E-state index contributed by atoms with van der Waals surface area (Å²) in [6.45, 7) is 19.1. The summed E-state index contributed by atoms with van der Waals surface area (Å²) in [5.74, 6) is 2.57. The average molecular weight is 515 g/mol. The van der Waals surface area contributed by atoms with Crippen LogP contribution in [0.3, 0.4) is 0 Å². The quantitative estimate of drug-likeness (QED) is 0.385. The first kappa shape index (κ1) is 27.5. The first-order chi connectivity index (χ1) is 17.2. The van der Waals surface area contributed by atoms with Gasteiger partial charge in [0.2, 0.25) is 0 Å². The van der Waals surface area contributed by atoms with Crippen molar-refractivity contribution in [3.05, 3.63) is 0 Å². The second-order valence-electron chi connectivity index (χ2n) is 15.8. The van der Waals surface area contributed by atoms with Gasteiger partial charge in [0.1, 0.15) is 6.10 Å². The molecule has 0 heterocycles. The van der Waals surface area contributed by atoms with Gasteiger partial charge in [0, 0.05) is 11.8 Å². The number of carbonyl (C=O) groups is 2. The molecular weight excluding hydrogens is 460 g/mol. The summed E-state index contributed by atoms with van der Waals surface area (Å²) in [5.41, 5.74) is 0.163. The first-order valence-corrected chi connectivity index (χ1v) is 15.6. The SMILES string of the molecule is CCC(=O)O[C@@H]1CC[C@@]2(C)C(CC[C@]3(C)C2CCC2C4[C@H](C(C)C)CC[C@]4(C(=O)O)CC[C@]23C)C1(C)C. The predicted octanol–water partition coefficient (Wildman–Crippen LogP) is 8.13. The van der Waals surface area contributed by atoms with E-state index in [1.54, 1.807) is 0 Å². The molecule has 0 aromatic rings. The number of hydrogen-bond acceptors (Lipinski definition) is 3. The van der Waals surface area contributed by atoms with Crippen molar-refractivity contribution < 1.29 is 19.4 Å². The van der Waals surface area contributed by atoms with E-state index in [9.17, 15) is 14.7 Å². The lowest BCUT2D eigenvalue weighted by atomic mass is 9.32. The van der Waals surface area contributed by atoms with E-state index < -0.39 is 11.4 Å². The number of fused-ring (bicyclic) bond motifs is 7. The van der Waals surface area contributed by atoms with Crippen LogP contribution in [-0.4, -0.2) is 23.1 Å². The molecule has 0 spiro atoms. The lowest BCUT2D eigenvalue weighted by Gasteiger charge is -2.72. The standard InChI is InChI=1S/C33H54O4/c1-9-26(34)37-25-14-15-30(6)23(29(25,4)5)13-16-32(8)24(30)11-10-22-27-21(20(2)3)12-17-33(27,28(35)36)19-18-31(22,32)7/h20-25,27H,9-19H2,1-8H3,(H,35,36)/t21-,22?,23?,24?,25+,27?,30-,31+,32+,33-/m0/s1. The highest BCUT2D eigenvalue weighted by molar-refractivity contribution is 5.76. The van der Waals surface area contributed by atoms with E-state index in [1.165, 1.54) is 25.7 Å². The molecule has 0 aromatic carbocycles. The molecule has 0 bridgehead atoms. The minimum atomic E-state index is -0.507. The van der Waals surface area contributed by atoms with Crippen LogP contribution in [0.25, 0.3) is 0 Å². The average Bonchev–Trinajstić information content (AvgIpc) is 3.23. The third kappa shape index (κ3) is 3.51. The van der Waals surface area contributed by atoms with Gasteiger partial charge in [-0.1, -0.05) is 55.4 Å². The zero-order valence-electron chi connectivity index (χ0n) is 25.0. The van der Waals surface area contributed by atoms with Gasteiger partial charge in [-0.25, -0.2) is 0 Å². The van der Waals surface area contributed by atoms with Gasteiger partial charge < -0.3 is 9.84 Å². The smallest absolute Gasteiger partial charge is 0.309 e. The third-order valence-corrected chi connectivity index (χ3v) is 14.3. The number of esters is 1. The van der Waals surface area contributed by atoms with E-state index in [2.05, 4.69) is 48.5 Å². The number of ether oxygens (including phenoxy) is 1. The van der Waals surface area contributed by atoms with E-state index in [4.69, 9.17) is 4.74 Å². The third-order valence-electron chi connectivity index (χ3n) is 14.3. The Morgan fingerprint density at radius 2 is 1.54 bits per heavy atom. The second kappa shape index (κ2) is 8.72. The van der Waals surface area contributed by atoms with Crippen molar-refractivity contribution in [3.8, 4) is 0 Å². The van der Waals surface area contributed by atoms with Gasteiger partial charge in [-0.15, -0.1) is 0 Å². The van der Waals surface area contributed by atoms with Crippen LogP contribution < -0.4 is 0 Å². The summed E-state index contributed by atoms with van der Waals surface area (Å²) in [7, 11) is 0. The minimum absolute atomic E-state index is 0.0177. The summed E-state index contributed by atoms with van der Waals surface area (Å²) in [5, 5.41) is 10.6. The van der Waals surface area contributed by atoms with Crippen molar-refractivity contribution in [1.29, 1.82) is 0 Å². The van der Waals surface area contributed by atoms with Crippen molar-refractivity contribution in [2.75, 3.05) is 0 Å². The van der Waals surface area contributed by atoms with Crippen LogP contribution in [0.15, 0.2) is 0 Å². The fraction of sp³-hybridized carbons (Fsp3) is 0.939. The number of carboxylic acid groups (broad SMARTS) is 1. The number of hydrogen-bond donors (Lipinski definition) is 1. The molecule has 4 heteroatoms. The summed E-state index contributed by atoms with van der Waals surface area (Å²) in [6.07, 6.45) is 11.3. The van der Waals surface area contributed by atoms with Crippen molar-refractivity contribution in [1.82, 2.24) is 0 Å². The van der Waals surface area contributed by atoms with Gasteiger partial charge in [0.25, 0.3) is 0 Å². The van der Waals surface area contributed by atoms with Gasteiger partial charge in [-0.3, -0.25) is 9.59 Å². The van der Waals surface area contributed by atoms with E-state index in [-0.39, 0.29) is 33.7 Å². The maximum Gasteiger partial charge on any atom is 0.309 e. The maximum absolute atomic E-state index is 12.9. The Kier molecular flexibility index (Phi) is 6.48. The maximum atomic E-state index is 12.9. The number of carbonyl (C=O) groups excluding carboxylic acids is 1. The normalized spacial score (nSPS) is 50.4. The Labute approximate surface area is 226 Å². The van der Waals surface area contributed by atoms with Crippen molar-refractivity contribution >= 4 is 11.9 Å². The van der Waals surface area contributed by atoms with E-state index in [0.29, 0.717) is 41.9 Å². The molecule has 5 fully saturated rings. The molecule has 5 aliphatic carbocycles. The number of rotatable bonds is 4. The monoisotopic (exact) mass is 514 g/mol. The van der Waals surface area contributed by atoms with Crippen molar-refractivity contribution in [2.24, 2.45) is 62.6 Å². The van der Waals surface area contributed by atoms with Gasteiger partial charge >= 0.3 is 11.9 Å². The molecule has 0 aromatic heterocycles. The molecule has 1 N–H and O–H groups in total. The zero-order valence-corrected chi connectivity index (χ0v) is 25.0. The summed E-state index contributed by atoms with van der Waals surface area (Å²) >= 11 is 0. The van der Waals surface area contributed by atoms with Crippen molar-refractivity contribution in [2.45, 2.75) is 132 Å². The van der Waals surface area contributed by atoms with Crippen LogP contribution in [0.4, 0.5) is 0 Å². The first-order valence-electron chi connectivity index (χ1n) is 15.6. The van der Waals surface area contributed by atoms with Crippen molar-refractivity contribution in [3.63, 3.8) is 0 Å². The molecule has 37 heavy (non-hydrogen) atoms. The van der Waals surface area contributed by atoms with Gasteiger partial charge in [0.15, 0.2) is 0 Å². The highest BCUT2D eigenvalue weighted by atomic mass is 16.5. The Morgan fingerprint density at radius 3 is 2.16 bits per heavy atom. The predicted molar refractivity (Wildman–Crippen MR) is 147 cm³/mol. The molecule has 0 amide bonds. The highest BCUT2D eigenvalue weighted by Crippen LogP contribution is 2.77. The second-order valence-corrected chi connectivity index (χ2v) is 15.8. The summed E-state index contributed by atoms with van der Waals surface area (Å²) in [6, 6.07) is 0. The van der Waals surface area contributed by atoms with Gasteiger partial charge in [-0.2, -0.15) is 0 Å². The van der Waals surface area contributed by atoms with E-state index in [1.807, 2.05) is 6.92 Å². The molecule has 4 unspecified atom stereocenters. The molecule has 0 aliphatic heterocycles. The lowest BCUT2D eigenvalue weighted by molar-refractivity contribution is -0.251. The Morgan fingerprint density at radius 1 is 0.838 bits per heavy atom. The molecule has 0 radical (unpaired) electrons. The molecule has 210 valence electrons. The van der Waals surface area contributed by atoms with Gasteiger partial charge in [0.05, 0.1) is 5.41 Å².